The Morgan fingerprint density at radius 3 is 2.47 bits per heavy atom. The molecule has 0 aliphatic carbocycles. The normalized spacial score (nSPS) is 11.4. The van der Waals surface area contributed by atoms with Crippen molar-refractivity contribution in [3.05, 3.63) is 93.4 Å². The second-order valence-electron chi connectivity index (χ2n) is 7.38. The summed E-state index contributed by atoms with van der Waals surface area (Å²) in [4.78, 5) is 37.8. The number of urea groups is 1. The number of anilines is 1. The van der Waals surface area contributed by atoms with E-state index in [1.807, 2.05) is 18.2 Å². The summed E-state index contributed by atoms with van der Waals surface area (Å²) >= 11 is 6.21. The molecule has 3 rings (SSSR count). The number of aromatic nitrogens is 1. The zero-order chi connectivity index (χ0) is 24.5. The van der Waals surface area contributed by atoms with Crippen molar-refractivity contribution in [3.63, 3.8) is 0 Å². The molecule has 3 aromatic rings. The number of benzene rings is 2. The Hall–Kier alpha value is -3.78. The number of rotatable bonds is 9. The van der Waals surface area contributed by atoms with Crippen LogP contribution >= 0.6 is 11.6 Å². The zero-order valence-electron chi connectivity index (χ0n) is 18.9. The fourth-order valence-corrected chi connectivity index (χ4v) is 3.55. The molecule has 0 bridgehead atoms. The fraction of sp³-hybridized carbons (Fsp3) is 0.240. The van der Waals surface area contributed by atoms with E-state index in [0.717, 1.165) is 5.56 Å². The monoisotopic (exact) mass is 483 g/mol. The molecule has 0 unspecified atom stereocenters. The summed E-state index contributed by atoms with van der Waals surface area (Å²) in [5.41, 5.74) is 1.18. The second kappa shape index (κ2) is 11.9. The first-order valence-electron chi connectivity index (χ1n) is 10.7. The van der Waals surface area contributed by atoms with E-state index < -0.39 is 18.0 Å². The van der Waals surface area contributed by atoms with Gasteiger partial charge in [0.15, 0.2) is 0 Å². The van der Waals surface area contributed by atoms with Crippen LogP contribution < -0.4 is 20.9 Å². The summed E-state index contributed by atoms with van der Waals surface area (Å²) in [6.07, 6.45) is 1.55. The van der Waals surface area contributed by atoms with Crippen LogP contribution in [0.4, 0.5) is 10.5 Å². The number of ether oxygens (including phenoxy) is 2. The molecule has 1 aromatic heterocycles. The lowest BCUT2D eigenvalue weighted by atomic mass is 10.0. The Bertz CT molecular complexity index is 1190. The van der Waals surface area contributed by atoms with Crippen LogP contribution in [0.1, 0.15) is 30.5 Å². The Morgan fingerprint density at radius 2 is 1.79 bits per heavy atom. The highest BCUT2D eigenvalue weighted by Crippen LogP contribution is 2.21. The second-order valence-corrected chi connectivity index (χ2v) is 7.79. The van der Waals surface area contributed by atoms with Crippen LogP contribution in [-0.2, 0) is 16.1 Å². The molecule has 1 atom stereocenters. The van der Waals surface area contributed by atoms with Crippen LogP contribution in [0, 0.1) is 0 Å². The van der Waals surface area contributed by atoms with Crippen molar-refractivity contribution in [1.82, 2.24) is 9.88 Å². The van der Waals surface area contributed by atoms with Gasteiger partial charge in [-0.05, 0) is 48.4 Å². The molecule has 0 saturated heterocycles. The van der Waals surface area contributed by atoms with E-state index in [2.05, 4.69) is 10.6 Å². The average Bonchev–Trinajstić information content (AvgIpc) is 2.83. The third-order valence-electron chi connectivity index (χ3n) is 5.07. The third-order valence-corrected chi connectivity index (χ3v) is 5.44. The molecule has 0 aliphatic rings. The minimum absolute atomic E-state index is 0.0703. The number of pyridine rings is 1. The topological polar surface area (TPSA) is 98.7 Å². The number of methoxy groups -OCH3 is 1. The molecule has 178 valence electrons. The largest absolute Gasteiger partial charge is 0.497 e. The summed E-state index contributed by atoms with van der Waals surface area (Å²) in [7, 11) is 1.55. The number of nitrogens with one attached hydrogen (secondary N) is 2. The van der Waals surface area contributed by atoms with Gasteiger partial charge in [-0.3, -0.25) is 9.59 Å². The molecule has 2 N–H and O–H groups in total. The highest BCUT2D eigenvalue weighted by atomic mass is 35.5. The number of nitrogens with zero attached hydrogens (tertiary/aromatic N) is 1. The summed E-state index contributed by atoms with van der Waals surface area (Å²) in [6.45, 7) is 2.20. The van der Waals surface area contributed by atoms with Crippen LogP contribution in [0.15, 0.2) is 71.7 Å². The van der Waals surface area contributed by atoms with Gasteiger partial charge in [0.05, 0.1) is 32.7 Å². The van der Waals surface area contributed by atoms with Crippen molar-refractivity contribution in [2.24, 2.45) is 0 Å². The molecule has 2 aromatic carbocycles. The molecule has 2 amide bonds. The summed E-state index contributed by atoms with van der Waals surface area (Å²) in [5.74, 6) is 0.192. The molecule has 8 nitrogen and oxygen atoms in total. The van der Waals surface area contributed by atoms with Crippen LogP contribution in [0.5, 0.6) is 5.75 Å². The standard InChI is InChI=1S/C25H26ClN3O5/c1-3-34-23(30)15-22(17-10-12-19(33-2)13-11-17)28-25(32)27-21-9-6-14-29(24(21)31)16-18-7-4-5-8-20(18)26/h4-14,22H,3,15-16H2,1-2H3,(H2,27,28,32)/t22-/m0/s1. The third kappa shape index (κ3) is 6.62. The van der Waals surface area contributed by atoms with Crippen molar-refractivity contribution >= 4 is 29.3 Å². The maximum Gasteiger partial charge on any atom is 0.319 e. The van der Waals surface area contributed by atoms with Crippen molar-refractivity contribution in [3.8, 4) is 5.75 Å². The Kier molecular flexibility index (Phi) is 8.70. The van der Waals surface area contributed by atoms with Crippen LogP contribution in [-0.4, -0.2) is 30.3 Å². The molecule has 1 heterocycles. The quantitative estimate of drug-likeness (QED) is 0.440. The molecule has 0 fully saturated rings. The van der Waals surface area contributed by atoms with E-state index in [1.54, 1.807) is 56.6 Å². The lowest BCUT2D eigenvalue weighted by molar-refractivity contribution is -0.143. The van der Waals surface area contributed by atoms with Gasteiger partial charge >= 0.3 is 12.0 Å². The molecule has 0 radical (unpaired) electrons. The summed E-state index contributed by atoms with van der Waals surface area (Å²) in [6, 6.07) is 16.1. The van der Waals surface area contributed by atoms with Gasteiger partial charge in [-0.1, -0.05) is 41.9 Å². The molecule has 0 aliphatic heterocycles. The number of esters is 1. The van der Waals surface area contributed by atoms with Crippen LogP contribution in [0.3, 0.4) is 0 Å². The van der Waals surface area contributed by atoms with Crippen molar-refractivity contribution in [2.75, 3.05) is 19.0 Å². The van der Waals surface area contributed by atoms with Crippen molar-refractivity contribution < 1.29 is 19.1 Å². The minimum atomic E-state index is -0.668. The van der Waals surface area contributed by atoms with E-state index in [-0.39, 0.29) is 30.8 Å². The first kappa shape index (κ1) is 24.9. The molecular weight excluding hydrogens is 458 g/mol. The van der Waals surface area contributed by atoms with Crippen molar-refractivity contribution in [1.29, 1.82) is 0 Å². The Labute approximate surface area is 202 Å². The van der Waals surface area contributed by atoms with Gasteiger partial charge in [-0.2, -0.15) is 0 Å². The first-order chi connectivity index (χ1) is 16.4. The smallest absolute Gasteiger partial charge is 0.319 e. The number of amides is 2. The first-order valence-corrected chi connectivity index (χ1v) is 11.1. The predicted molar refractivity (Wildman–Crippen MR) is 130 cm³/mol. The van der Waals surface area contributed by atoms with Gasteiger partial charge in [0.2, 0.25) is 0 Å². The van der Waals surface area contributed by atoms with Gasteiger partial charge < -0.3 is 24.7 Å². The highest BCUT2D eigenvalue weighted by molar-refractivity contribution is 6.31. The average molecular weight is 484 g/mol. The van der Waals surface area contributed by atoms with E-state index in [1.165, 1.54) is 10.6 Å². The lowest BCUT2D eigenvalue weighted by Crippen LogP contribution is -2.36. The molecule has 34 heavy (non-hydrogen) atoms. The van der Waals surface area contributed by atoms with Crippen molar-refractivity contribution in [2.45, 2.75) is 25.9 Å². The van der Waals surface area contributed by atoms with Gasteiger partial charge in [-0.25, -0.2) is 4.79 Å². The molecule has 0 spiro atoms. The highest BCUT2D eigenvalue weighted by Gasteiger charge is 2.20. The number of carbonyl (C=O) groups is 2. The molecular formula is C25H26ClN3O5. The van der Waals surface area contributed by atoms with Crippen LogP contribution in [0.2, 0.25) is 5.02 Å². The number of hydrogen-bond acceptors (Lipinski definition) is 5. The fourth-order valence-electron chi connectivity index (χ4n) is 3.36. The van der Waals surface area contributed by atoms with E-state index in [4.69, 9.17) is 21.1 Å². The van der Waals surface area contributed by atoms with Gasteiger partial charge in [0.1, 0.15) is 11.4 Å². The van der Waals surface area contributed by atoms with Gasteiger partial charge in [-0.15, -0.1) is 0 Å². The lowest BCUT2D eigenvalue weighted by Gasteiger charge is -2.19. The van der Waals surface area contributed by atoms with Crippen LogP contribution in [0.25, 0.3) is 0 Å². The minimum Gasteiger partial charge on any atom is -0.497 e. The van der Waals surface area contributed by atoms with E-state index in [9.17, 15) is 14.4 Å². The van der Waals surface area contributed by atoms with Gasteiger partial charge in [0.25, 0.3) is 5.56 Å². The molecule has 0 saturated carbocycles. The maximum atomic E-state index is 12.9. The number of carbonyl (C=O) groups excluding carboxylic acids is 2. The number of hydrogen-bond donors (Lipinski definition) is 2. The molecule has 9 heteroatoms. The van der Waals surface area contributed by atoms with E-state index >= 15 is 0 Å². The maximum absolute atomic E-state index is 12.9. The summed E-state index contributed by atoms with van der Waals surface area (Å²) in [5, 5.41) is 5.89. The Balaban J connectivity index is 1.76. The SMILES string of the molecule is CCOC(=O)C[C@H](NC(=O)Nc1cccn(Cc2ccccc2Cl)c1=O)c1ccc(OC)cc1. The Morgan fingerprint density at radius 1 is 1.06 bits per heavy atom. The predicted octanol–water partition coefficient (Wildman–Crippen LogP) is 4.37. The van der Waals surface area contributed by atoms with E-state index in [0.29, 0.717) is 16.3 Å². The number of halogens is 1. The zero-order valence-corrected chi connectivity index (χ0v) is 19.7. The van der Waals surface area contributed by atoms with Gasteiger partial charge in [0, 0.05) is 11.2 Å². The summed E-state index contributed by atoms with van der Waals surface area (Å²) < 4.78 is 11.7.